The van der Waals surface area contributed by atoms with E-state index in [0.717, 1.165) is 19.3 Å². The molecule has 6 heteroatoms. The topological polar surface area (TPSA) is 86.0 Å². The largest absolute Gasteiger partial charge is 0.507 e. The number of hydrogen-bond acceptors (Lipinski definition) is 6. The van der Waals surface area contributed by atoms with Crippen LogP contribution in [0.25, 0.3) is 11.0 Å². The lowest BCUT2D eigenvalue weighted by Crippen LogP contribution is -2.08. The Bertz CT molecular complexity index is 792. The fraction of sp³-hybridized carbons (Fsp3) is 0.412. The van der Waals surface area contributed by atoms with Crippen molar-refractivity contribution in [2.24, 2.45) is 0 Å². The second-order valence-electron chi connectivity index (χ2n) is 5.64. The lowest BCUT2D eigenvalue weighted by Gasteiger charge is -2.09. The molecule has 1 fully saturated rings. The summed E-state index contributed by atoms with van der Waals surface area (Å²) in [6.45, 7) is 0. The van der Waals surface area contributed by atoms with Gasteiger partial charge in [0.2, 0.25) is 0 Å². The Labute approximate surface area is 132 Å². The van der Waals surface area contributed by atoms with Crippen molar-refractivity contribution in [2.45, 2.75) is 38.2 Å². The Balaban J connectivity index is 1.76. The van der Waals surface area contributed by atoms with Crippen molar-refractivity contribution in [2.75, 3.05) is 7.11 Å². The molecule has 1 atom stereocenters. The first-order chi connectivity index (χ1) is 11.1. The minimum absolute atomic E-state index is 0.0289. The van der Waals surface area contributed by atoms with Crippen LogP contribution in [-0.4, -0.2) is 24.3 Å². The molecule has 0 amide bonds. The third-order valence-corrected chi connectivity index (χ3v) is 3.99. The highest BCUT2D eigenvalue weighted by Crippen LogP contribution is 2.29. The molecule has 0 radical (unpaired) electrons. The number of carbonyl (C=O) groups excluding carboxylic acids is 1. The van der Waals surface area contributed by atoms with Gasteiger partial charge < -0.3 is 19.0 Å². The molecule has 122 valence electrons. The number of phenols is 1. The van der Waals surface area contributed by atoms with E-state index in [9.17, 15) is 14.7 Å². The number of carbonyl (C=O) groups is 1. The minimum Gasteiger partial charge on any atom is -0.507 e. The van der Waals surface area contributed by atoms with Gasteiger partial charge in [-0.15, -0.1) is 0 Å². The number of ether oxygens (including phenoxy) is 2. The second-order valence-corrected chi connectivity index (χ2v) is 5.64. The van der Waals surface area contributed by atoms with E-state index in [1.807, 2.05) is 0 Å². The lowest BCUT2D eigenvalue weighted by molar-refractivity contribution is -0.141. The lowest BCUT2D eigenvalue weighted by atomic mass is 10.1. The van der Waals surface area contributed by atoms with E-state index in [1.165, 1.54) is 19.2 Å². The molecule has 0 spiro atoms. The van der Waals surface area contributed by atoms with Gasteiger partial charge in [0.25, 0.3) is 0 Å². The van der Waals surface area contributed by atoms with Crippen LogP contribution < -0.4 is 10.2 Å². The summed E-state index contributed by atoms with van der Waals surface area (Å²) in [5, 5.41) is 10.1. The molecule has 1 aromatic carbocycles. The minimum atomic E-state index is -0.284. The van der Waals surface area contributed by atoms with Crippen LogP contribution in [-0.2, 0) is 16.0 Å². The van der Waals surface area contributed by atoms with Gasteiger partial charge in [0.1, 0.15) is 34.3 Å². The van der Waals surface area contributed by atoms with Gasteiger partial charge in [0, 0.05) is 31.0 Å². The highest BCUT2D eigenvalue weighted by molar-refractivity contribution is 5.84. The van der Waals surface area contributed by atoms with Crippen LogP contribution in [0.2, 0.25) is 0 Å². The fourth-order valence-corrected chi connectivity index (χ4v) is 2.82. The third-order valence-electron chi connectivity index (χ3n) is 3.99. The molecule has 23 heavy (non-hydrogen) atoms. The molecule has 0 aliphatic carbocycles. The number of methoxy groups -OCH3 is 1. The molecule has 2 heterocycles. The summed E-state index contributed by atoms with van der Waals surface area (Å²) in [6.07, 6.45) is 3.27. The van der Waals surface area contributed by atoms with Gasteiger partial charge in [0.05, 0.1) is 7.11 Å². The predicted octanol–water partition coefficient (Wildman–Crippen LogP) is 2.54. The van der Waals surface area contributed by atoms with Crippen LogP contribution in [0.4, 0.5) is 0 Å². The monoisotopic (exact) mass is 318 g/mol. The van der Waals surface area contributed by atoms with Gasteiger partial charge in [-0.25, -0.2) is 0 Å². The SMILES string of the molecule is COc1cc(O)c2c(=O)cc(CCC[C@@H]3CCC(=O)O3)oc2c1. The van der Waals surface area contributed by atoms with Crippen molar-refractivity contribution in [3.8, 4) is 11.5 Å². The quantitative estimate of drug-likeness (QED) is 0.853. The van der Waals surface area contributed by atoms with E-state index < -0.39 is 0 Å². The van der Waals surface area contributed by atoms with Crippen molar-refractivity contribution >= 4 is 16.9 Å². The predicted molar refractivity (Wildman–Crippen MR) is 82.8 cm³/mol. The molecule has 1 N–H and O–H groups in total. The van der Waals surface area contributed by atoms with Gasteiger partial charge in [-0.1, -0.05) is 0 Å². The zero-order valence-electron chi connectivity index (χ0n) is 12.8. The molecular weight excluding hydrogens is 300 g/mol. The summed E-state index contributed by atoms with van der Waals surface area (Å²) >= 11 is 0. The average Bonchev–Trinajstić information content (AvgIpc) is 2.91. The first kappa shape index (κ1) is 15.4. The summed E-state index contributed by atoms with van der Waals surface area (Å²) in [4.78, 5) is 23.2. The number of fused-ring (bicyclic) bond motifs is 1. The van der Waals surface area contributed by atoms with Gasteiger partial charge in [0.15, 0.2) is 5.43 Å². The zero-order valence-corrected chi connectivity index (χ0v) is 12.8. The van der Waals surface area contributed by atoms with Crippen LogP contribution in [0.15, 0.2) is 27.4 Å². The van der Waals surface area contributed by atoms with Crippen molar-refractivity contribution in [3.05, 3.63) is 34.2 Å². The fourth-order valence-electron chi connectivity index (χ4n) is 2.82. The van der Waals surface area contributed by atoms with Crippen LogP contribution in [0, 0.1) is 0 Å². The molecule has 2 aromatic rings. The van der Waals surface area contributed by atoms with E-state index in [0.29, 0.717) is 29.9 Å². The maximum atomic E-state index is 12.2. The summed E-state index contributed by atoms with van der Waals surface area (Å²) in [5.74, 6) is 0.667. The summed E-state index contributed by atoms with van der Waals surface area (Å²) < 4.78 is 15.9. The van der Waals surface area contributed by atoms with Crippen molar-refractivity contribution in [1.29, 1.82) is 0 Å². The van der Waals surface area contributed by atoms with Crippen LogP contribution >= 0.6 is 0 Å². The number of esters is 1. The van der Waals surface area contributed by atoms with Crippen molar-refractivity contribution < 1.29 is 23.8 Å². The zero-order chi connectivity index (χ0) is 16.4. The Morgan fingerprint density at radius 1 is 1.30 bits per heavy atom. The van der Waals surface area contributed by atoms with Gasteiger partial charge in [-0.2, -0.15) is 0 Å². The molecule has 1 aliphatic heterocycles. The molecule has 1 aromatic heterocycles. The van der Waals surface area contributed by atoms with E-state index >= 15 is 0 Å². The van der Waals surface area contributed by atoms with Gasteiger partial charge >= 0.3 is 5.97 Å². The molecule has 0 unspecified atom stereocenters. The Morgan fingerprint density at radius 2 is 2.13 bits per heavy atom. The number of phenolic OH excluding ortho intramolecular Hbond substituents is 1. The van der Waals surface area contributed by atoms with Crippen LogP contribution in [0.1, 0.15) is 31.4 Å². The molecule has 0 bridgehead atoms. The molecule has 3 rings (SSSR count). The van der Waals surface area contributed by atoms with Gasteiger partial charge in [-0.3, -0.25) is 9.59 Å². The van der Waals surface area contributed by atoms with E-state index in [2.05, 4.69) is 0 Å². The van der Waals surface area contributed by atoms with Crippen molar-refractivity contribution in [1.82, 2.24) is 0 Å². The Kier molecular flexibility index (Phi) is 4.23. The van der Waals surface area contributed by atoms with E-state index in [4.69, 9.17) is 13.9 Å². The first-order valence-corrected chi connectivity index (χ1v) is 7.60. The number of aromatic hydroxyl groups is 1. The average molecular weight is 318 g/mol. The van der Waals surface area contributed by atoms with Gasteiger partial charge in [-0.05, 0) is 19.3 Å². The Morgan fingerprint density at radius 3 is 2.83 bits per heavy atom. The summed E-state index contributed by atoms with van der Waals surface area (Å²) in [7, 11) is 1.48. The van der Waals surface area contributed by atoms with E-state index in [1.54, 1.807) is 6.07 Å². The molecule has 0 saturated carbocycles. The number of hydrogen-bond donors (Lipinski definition) is 1. The molecule has 1 saturated heterocycles. The first-order valence-electron chi connectivity index (χ1n) is 7.60. The second kappa shape index (κ2) is 6.32. The maximum Gasteiger partial charge on any atom is 0.306 e. The number of aryl methyl sites for hydroxylation is 1. The van der Waals surface area contributed by atoms with Crippen LogP contribution in [0.5, 0.6) is 11.5 Å². The normalized spacial score (nSPS) is 17.4. The standard InChI is InChI=1S/C17H18O6/c1-21-12-8-14(19)17-13(18)7-11(22-15(17)9-12)4-2-3-10-5-6-16(20)23-10/h7-10,19H,2-6H2,1H3/t10-/m1/s1. The molecular formula is C17H18O6. The Hall–Kier alpha value is -2.50. The molecule has 1 aliphatic rings. The summed E-state index contributed by atoms with van der Waals surface area (Å²) in [5.41, 5.74) is 0.0188. The highest BCUT2D eigenvalue weighted by Gasteiger charge is 2.22. The maximum absolute atomic E-state index is 12.2. The number of benzene rings is 1. The number of rotatable bonds is 5. The third kappa shape index (κ3) is 3.31. The summed E-state index contributed by atoms with van der Waals surface area (Å²) in [6, 6.07) is 4.36. The molecule has 6 nitrogen and oxygen atoms in total. The van der Waals surface area contributed by atoms with E-state index in [-0.39, 0.29) is 28.6 Å². The highest BCUT2D eigenvalue weighted by atomic mass is 16.5. The number of cyclic esters (lactones) is 1. The van der Waals surface area contributed by atoms with Crippen LogP contribution in [0.3, 0.4) is 0 Å². The van der Waals surface area contributed by atoms with Crippen molar-refractivity contribution in [3.63, 3.8) is 0 Å². The smallest absolute Gasteiger partial charge is 0.306 e.